The van der Waals surface area contributed by atoms with Crippen LogP contribution in [-0.4, -0.2) is 63.8 Å². The molecule has 1 heterocycles. The molecule has 1 atom stereocenters. The predicted octanol–water partition coefficient (Wildman–Crippen LogP) is 2.43. The van der Waals surface area contributed by atoms with Crippen LogP contribution in [0, 0.1) is 0 Å². The topological polar surface area (TPSA) is 44.8 Å². The number of amides is 1. The second kappa shape index (κ2) is 9.53. The van der Waals surface area contributed by atoms with E-state index in [9.17, 15) is 4.79 Å². The molecule has 0 radical (unpaired) electrons. The van der Waals surface area contributed by atoms with E-state index in [1.165, 1.54) is 5.56 Å². The Morgan fingerprint density at radius 2 is 1.85 bits per heavy atom. The fraction of sp³-hybridized carbons (Fsp3) is 0.409. The summed E-state index contributed by atoms with van der Waals surface area (Å²) in [6.45, 7) is 3.95. The Bertz CT molecular complexity index is 727. The lowest BCUT2D eigenvalue weighted by molar-refractivity contribution is 0.0167. The normalized spacial score (nSPS) is 15.9. The van der Waals surface area contributed by atoms with Crippen molar-refractivity contribution in [2.24, 2.45) is 0 Å². The van der Waals surface area contributed by atoms with E-state index in [1.54, 1.807) is 0 Å². The molecular formula is C22H29N3O2. The van der Waals surface area contributed by atoms with Gasteiger partial charge in [0.25, 0.3) is 5.91 Å². The van der Waals surface area contributed by atoms with Gasteiger partial charge in [-0.05, 0) is 30.2 Å². The summed E-state index contributed by atoms with van der Waals surface area (Å²) in [6.07, 6.45) is 0.916. The summed E-state index contributed by atoms with van der Waals surface area (Å²) in [5.74, 6) is -0.0231. The summed E-state index contributed by atoms with van der Waals surface area (Å²) < 4.78 is 5.50. The molecule has 1 unspecified atom stereocenters. The summed E-state index contributed by atoms with van der Waals surface area (Å²) in [5, 5.41) is 3.14. The van der Waals surface area contributed by atoms with Gasteiger partial charge in [-0.2, -0.15) is 0 Å². The van der Waals surface area contributed by atoms with Crippen LogP contribution >= 0.6 is 0 Å². The van der Waals surface area contributed by atoms with Gasteiger partial charge in [-0.25, -0.2) is 0 Å². The SMILES string of the molecule is CN(C)c1cccc(C(=O)NCC(Cc2ccccc2)N2CCOCC2)c1. The molecule has 27 heavy (non-hydrogen) atoms. The second-order valence-electron chi connectivity index (χ2n) is 7.15. The van der Waals surface area contributed by atoms with Crippen molar-refractivity contribution in [3.63, 3.8) is 0 Å². The first-order chi connectivity index (χ1) is 13.1. The molecule has 2 aromatic carbocycles. The van der Waals surface area contributed by atoms with Crippen molar-refractivity contribution in [3.05, 3.63) is 65.7 Å². The predicted molar refractivity (Wildman–Crippen MR) is 109 cm³/mol. The van der Waals surface area contributed by atoms with Gasteiger partial charge in [0.1, 0.15) is 0 Å². The van der Waals surface area contributed by atoms with Crippen LogP contribution in [0.4, 0.5) is 5.69 Å². The molecule has 5 nitrogen and oxygen atoms in total. The molecule has 1 amide bonds. The summed E-state index contributed by atoms with van der Waals surface area (Å²) >= 11 is 0. The molecule has 1 N–H and O–H groups in total. The number of rotatable bonds is 7. The van der Waals surface area contributed by atoms with Crippen LogP contribution in [0.1, 0.15) is 15.9 Å². The van der Waals surface area contributed by atoms with Crippen LogP contribution in [0.25, 0.3) is 0 Å². The zero-order valence-electron chi connectivity index (χ0n) is 16.2. The van der Waals surface area contributed by atoms with E-state index >= 15 is 0 Å². The minimum absolute atomic E-state index is 0.0231. The maximum atomic E-state index is 12.7. The molecule has 1 aliphatic heterocycles. The van der Waals surface area contributed by atoms with E-state index in [2.05, 4.69) is 34.5 Å². The molecule has 0 saturated carbocycles. The molecule has 0 spiro atoms. The summed E-state index contributed by atoms with van der Waals surface area (Å²) in [6, 6.07) is 18.4. The van der Waals surface area contributed by atoms with Crippen molar-refractivity contribution in [3.8, 4) is 0 Å². The summed E-state index contributed by atoms with van der Waals surface area (Å²) in [5.41, 5.74) is 3.01. The van der Waals surface area contributed by atoms with Crippen molar-refractivity contribution in [1.82, 2.24) is 10.2 Å². The van der Waals surface area contributed by atoms with Gasteiger partial charge in [-0.1, -0.05) is 36.4 Å². The molecule has 0 bridgehead atoms. The van der Waals surface area contributed by atoms with Crippen LogP contribution in [0.2, 0.25) is 0 Å². The first-order valence-corrected chi connectivity index (χ1v) is 9.55. The van der Waals surface area contributed by atoms with Gasteiger partial charge in [0.2, 0.25) is 0 Å². The number of hydrogen-bond donors (Lipinski definition) is 1. The lowest BCUT2D eigenvalue weighted by atomic mass is 10.0. The van der Waals surface area contributed by atoms with Crippen LogP contribution in [-0.2, 0) is 11.2 Å². The van der Waals surface area contributed by atoms with Crippen molar-refractivity contribution >= 4 is 11.6 Å². The van der Waals surface area contributed by atoms with Gasteiger partial charge in [-0.15, -0.1) is 0 Å². The fourth-order valence-corrected chi connectivity index (χ4v) is 3.40. The van der Waals surface area contributed by atoms with Gasteiger partial charge in [0, 0.05) is 51.0 Å². The first-order valence-electron chi connectivity index (χ1n) is 9.55. The maximum absolute atomic E-state index is 12.7. The number of hydrogen-bond acceptors (Lipinski definition) is 4. The lowest BCUT2D eigenvalue weighted by Crippen LogP contribution is -2.49. The van der Waals surface area contributed by atoms with Crippen LogP contribution in [0.5, 0.6) is 0 Å². The van der Waals surface area contributed by atoms with E-state index < -0.39 is 0 Å². The smallest absolute Gasteiger partial charge is 0.251 e. The average molecular weight is 367 g/mol. The van der Waals surface area contributed by atoms with E-state index in [0.29, 0.717) is 12.1 Å². The number of anilines is 1. The van der Waals surface area contributed by atoms with E-state index in [0.717, 1.165) is 38.4 Å². The highest BCUT2D eigenvalue weighted by molar-refractivity contribution is 5.95. The number of benzene rings is 2. The largest absolute Gasteiger partial charge is 0.379 e. The Labute approximate surface area is 161 Å². The molecule has 1 aliphatic rings. The number of nitrogens with zero attached hydrogens (tertiary/aromatic N) is 2. The Morgan fingerprint density at radius 1 is 1.11 bits per heavy atom. The maximum Gasteiger partial charge on any atom is 0.251 e. The van der Waals surface area contributed by atoms with Gasteiger partial charge in [0.15, 0.2) is 0 Å². The molecular weight excluding hydrogens is 338 g/mol. The molecule has 144 valence electrons. The van der Waals surface area contributed by atoms with Crippen LogP contribution in [0.3, 0.4) is 0 Å². The van der Waals surface area contributed by atoms with Crippen LogP contribution in [0.15, 0.2) is 54.6 Å². The number of ether oxygens (including phenoxy) is 1. The van der Waals surface area contributed by atoms with Gasteiger partial charge in [0.05, 0.1) is 13.2 Å². The highest BCUT2D eigenvalue weighted by Crippen LogP contribution is 2.14. The Morgan fingerprint density at radius 3 is 2.56 bits per heavy atom. The standard InChI is InChI=1S/C22H29N3O2/c1-24(2)20-10-6-9-19(16-20)22(26)23-17-21(25-11-13-27-14-12-25)15-18-7-4-3-5-8-18/h3-10,16,21H,11-15,17H2,1-2H3,(H,23,26). The number of morpholine rings is 1. The average Bonchev–Trinajstić information content (AvgIpc) is 2.72. The van der Waals surface area contributed by atoms with E-state index in [4.69, 9.17) is 4.74 Å². The summed E-state index contributed by atoms with van der Waals surface area (Å²) in [7, 11) is 3.96. The molecule has 0 aromatic heterocycles. The van der Waals surface area contributed by atoms with Gasteiger partial charge < -0.3 is 15.0 Å². The van der Waals surface area contributed by atoms with E-state index in [-0.39, 0.29) is 11.9 Å². The highest BCUT2D eigenvalue weighted by Gasteiger charge is 2.22. The Balaban J connectivity index is 1.66. The third kappa shape index (κ3) is 5.55. The quantitative estimate of drug-likeness (QED) is 0.816. The zero-order chi connectivity index (χ0) is 19.1. The first kappa shape index (κ1) is 19.4. The monoisotopic (exact) mass is 367 g/mol. The number of carbonyl (C=O) groups is 1. The molecule has 1 fully saturated rings. The van der Waals surface area contributed by atoms with Gasteiger partial charge >= 0.3 is 0 Å². The molecule has 3 rings (SSSR count). The minimum atomic E-state index is -0.0231. The van der Waals surface area contributed by atoms with E-state index in [1.807, 2.05) is 49.3 Å². The molecule has 2 aromatic rings. The molecule has 5 heteroatoms. The third-order valence-corrected chi connectivity index (χ3v) is 5.00. The van der Waals surface area contributed by atoms with Crippen molar-refractivity contribution < 1.29 is 9.53 Å². The Hall–Kier alpha value is -2.37. The molecule has 0 aliphatic carbocycles. The molecule has 1 saturated heterocycles. The van der Waals surface area contributed by atoms with Crippen molar-refractivity contribution in [1.29, 1.82) is 0 Å². The van der Waals surface area contributed by atoms with Crippen molar-refractivity contribution in [2.75, 3.05) is 51.8 Å². The van der Waals surface area contributed by atoms with Crippen molar-refractivity contribution in [2.45, 2.75) is 12.5 Å². The fourth-order valence-electron chi connectivity index (χ4n) is 3.40. The second-order valence-corrected chi connectivity index (χ2v) is 7.15. The highest BCUT2D eigenvalue weighted by atomic mass is 16.5. The Kier molecular flexibility index (Phi) is 6.85. The van der Waals surface area contributed by atoms with Crippen LogP contribution < -0.4 is 10.2 Å². The summed E-state index contributed by atoms with van der Waals surface area (Å²) in [4.78, 5) is 17.1. The number of carbonyl (C=O) groups excluding carboxylic acids is 1. The zero-order valence-corrected chi connectivity index (χ0v) is 16.2. The minimum Gasteiger partial charge on any atom is -0.379 e. The van der Waals surface area contributed by atoms with Gasteiger partial charge in [-0.3, -0.25) is 9.69 Å². The lowest BCUT2D eigenvalue weighted by Gasteiger charge is -2.34. The third-order valence-electron chi connectivity index (χ3n) is 5.00. The number of nitrogens with one attached hydrogen (secondary N) is 1.